The molecule has 5 heteroatoms. The molecule has 2 aromatic rings. The number of furan rings is 1. The average Bonchev–Trinajstić information content (AvgIpc) is 2.72. The zero-order valence-corrected chi connectivity index (χ0v) is 11.3. The second kappa shape index (κ2) is 5.21. The topological polar surface area (TPSA) is 25.2 Å². The number of halogens is 3. The Labute approximate surface area is 112 Å². The van der Waals surface area contributed by atoms with E-state index in [1.165, 1.54) is 6.07 Å². The van der Waals surface area contributed by atoms with Gasteiger partial charge in [-0.05, 0) is 41.2 Å². The smallest absolute Gasteiger partial charge is 0.169 e. The van der Waals surface area contributed by atoms with Crippen LogP contribution < -0.4 is 5.32 Å². The predicted octanol–water partition coefficient (Wildman–Crippen LogP) is 4.14. The van der Waals surface area contributed by atoms with Gasteiger partial charge < -0.3 is 9.73 Å². The molecule has 2 rings (SSSR count). The van der Waals surface area contributed by atoms with E-state index in [9.17, 15) is 4.39 Å². The first-order valence-electron chi connectivity index (χ1n) is 5.00. The molecule has 90 valence electrons. The fourth-order valence-corrected chi connectivity index (χ4v) is 2.18. The van der Waals surface area contributed by atoms with Crippen molar-refractivity contribution in [3.63, 3.8) is 0 Å². The average molecular weight is 319 g/mol. The van der Waals surface area contributed by atoms with Gasteiger partial charge in [-0.15, -0.1) is 0 Å². The van der Waals surface area contributed by atoms with Gasteiger partial charge >= 0.3 is 0 Å². The molecule has 0 aliphatic heterocycles. The molecule has 1 atom stereocenters. The van der Waals surface area contributed by atoms with Crippen LogP contribution in [0.3, 0.4) is 0 Å². The number of hydrogen-bond acceptors (Lipinski definition) is 2. The molecular weight excluding hydrogens is 308 g/mol. The molecule has 0 bridgehead atoms. The second-order valence-corrected chi connectivity index (χ2v) is 4.70. The van der Waals surface area contributed by atoms with E-state index in [4.69, 9.17) is 16.0 Å². The Morgan fingerprint density at radius 2 is 2.12 bits per heavy atom. The van der Waals surface area contributed by atoms with Gasteiger partial charge in [-0.2, -0.15) is 0 Å². The maximum atomic E-state index is 13.9. The third-order valence-corrected chi connectivity index (χ3v) is 3.18. The Morgan fingerprint density at radius 3 is 2.71 bits per heavy atom. The molecule has 17 heavy (non-hydrogen) atoms. The van der Waals surface area contributed by atoms with E-state index in [2.05, 4.69) is 21.2 Å². The summed E-state index contributed by atoms with van der Waals surface area (Å²) in [5.74, 6) is 0.196. The Hall–Kier alpha value is -0.840. The highest BCUT2D eigenvalue weighted by Gasteiger charge is 2.20. The minimum Gasteiger partial charge on any atom is -0.452 e. The van der Waals surface area contributed by atoms with E-state index in [1.807, 2.05) is 0 Å². The van der Waals surface area contributed by atoms with Gasteiger partial charge in [-0.3, -0.25) is 0 Å². The molecular formula is C12H10BrClFNO. The van der Waals surface area contributed by atoms with E-state index in [1.54, 1.807) is 31.3 Å². The Bertz CT molecular complexity index is 529. The Kier molecular flexibility index (Phi) is 3.86. The van der Waals surface area contributed by atoms with Crippen LogP contribution in [0.2, 0.25) is 5.02 Å². The molecule has 0 fully saturated rings. The third kappa shape index (κ3) is 2.54. The molecule has 0 amide bonds. The first-order chi connectivity index (χ1) is 8.13. The minimum atomic E-state index is -0.430. The summed E-state index contributed by atoms with van der Waals surface area (Å²) in [5.41, 5.74) is 0.460. The summed E-state index contributed by atoms with van der Waals surface area (Å²) in [6.07, 6.45) is 0. The van der Waals surface area contributed by atoms with Crippen LogP contribution in [-0.2, 0) is 0 Å². The van der Waals surface area contributed by atoms with Crippen LogP contribution in [0.4, 0.5) is 4.39 Å². The summed E-state index contributed by atoms with van der Waals surface area (Å²) in [4.78, 5) is 0. The molecule has 0 aliphatic carbocycles. The van der Waals surface area contributed by atoms with Crippen LogP contribution >= 0.6 is 27.5 Å². The molecule has 1 unspecified atom stereocenters. The summed E-state index contributed by atoms with van der Waals surface area (Å²) in [5, 5.41) is 3.11. The van der Waals surface area contributed by atoms with Crippen molar-refractivity contribution in [1.29, 1.82) is 0 Å². The standard InChI is InChI=1S/C12H10BrClFNO/c1-16-12(9-5-6-10(13)17-9)7-3-2-4-8(14)11(7)15/h2-6,12,16H,1H3. The van der Waals surface area contributed by atoms with Crippen molar-refractivity contribution in [2.75, 3.05) is 7.05 Å². The highest BCUT2D eigenvalue weighted by Crippen LogP contribution is 2.29. The number of hydrogen-bond donors (Lipinski definition) is 1. The highest BCUT2D eigenvalue weighted by atomic mass is 79.9. The highest BCUT2D eigenvalue weighted by molar-refractivity contribution is 9.10. The summed E-state index contributed by atoms with van der Waals surface area (Å²) >= 11 is 8.99. The molecule has 0 saturated carbocycles. The second-order valence-electron chi connectivity index (χ2n) is 3.51. The zero-order chi connectivity index (χ0) is 12.4. The van der Waals surface area contributed by atoms with Gasteiger partial charge in [0.25, 0.3) is 0 Å². The van der Waals surface area contributed by atoms with Crippen LogP contribution in [-0.4, -0.2) is 7.05 Å². The minimum absolute atomic E-state index is 0.105. The van der Waals surface area contributed by atoms with Gasteiger partial charge in [0.2, 0.25) is 0 Å². The molecule has 0 radical (unpaired) electrons. The first kappa shape index (κ1) is 12.6. The molecule has 1 aromatic heterocycles. The van der Waals surface area contributed by atoms with Crippen LogP contribution in [0.5, 0.6) is 0 Å². The van der Waals surface area contributed by atoms with Crippen molar-refractivity contribution in [3.05, 3.63) is 57.2 Å². The van der Waals surface area contributed by atoms with E-state index in [-0.39, 0.29) is 11.1 Å². The third-order valence-electron chi connectivity index (χ3n) is 2.46. The Morgan fingerprint density at radius 1 is 1.35 bits per heavy atom. The molecule has 1 aromatic carbocycles. The number of benzene rings is 1. The van der Waals surface area contributed by atoms with Crippen molar-refractivity contribution in [1.82, 2.24) is 5.32 Å². The first-order valence-corrected chi connectivity index (χ1v) is 6.17. The Balaban J connectivity index is 2.45. The summed E-state index contributed by atoms with van der Waals surface area (Å²) in [6, 6.07) is 8.10. The lowest BCUT2D eigenvalue weighted by molar-refractivity contribution is 0.438. The maximum absolute atomic E-state index is 13.9. The van der Waals surface area contributed by atoms with Gasteiger partial charge in [0, 0.05) is 5.56 Å². The van der Waals surface area contributed by atoms with Crippen molar-refractivity contribution in [3.8, 4) is 0 Å². The van der Waals surface area contributed by atoms with E-state index in [0.29, 0.717) is 16.0 Å². The van der Waals surface area contributed by atoms with Crippen LogP contribution in [0, 0.1) is 5.82 Å². The monoisotopic (exact) mass is 317 g/mol. The van der Waals surface area contributed by atoms with E-state index < -0.39 is 5.82 Å². The summed E-state index contributed by atoms with van der Waals surface area (Å²) in [7, 11) is 1.74. The summed E-state index contributed by atoms with van der Waals surface area (Å²) in [6.45, 7) is 0. The lowest BCUT2D eigenvalue weighted by Crippen LogP contribution is -2.18. The van der Waals surface area contributed by atoms with Gasteiger partial charge in [0.05, 0.1) is 11.1 Å². The van der Waals surface area contributed by atoms with Crippen LogP contribution in [0.15, 0.2) is 39.4 Å². The lowest BCUT2D eigenvalue weighted by Gasteiger charge is -2.15. The molecule has 0 saturated heterocycles. The van der Waals surface area contributed by atoms with Gasteiger partial charge in [0.1, 0.15) is 11.6 Å². The van der Waals surface area contributed by atoms with Gasteiger partial charge in [-0.25, -0.2) is 4.39 Å². The van der Waals surface area contributed by atoms with E-state index >= 15 is 0 Å². The van der Waals surface area contributed by atoms with Crippen molar-refractivity contribution in [2.24, 2.45) is 0 Å². The maximum Gasteiger partial charge on any atom is 0.169 e. The number of nitrogens with one attached hydrogen (secondary N) is 1. The fraction of sp³-hybridized carbons (Fsp3) is 0.167. The van der Waals surface area contributed by atoms with Crippen LogP contribution in [0.25, 0.3) is 0 Å². The zero-order valence-electron chi connectivity index (χ0n) is 9.01. The molecule has 0 aliphatic rings. The lowest BCUT2D eigenvalue weighted by atomic mass is 10.0. The normalized spacial score (nSPS) is 12.7. The quantitative estimate of drug-likeness (QED) is 0.920. The summed E-state index contributed by atoms with van der Waals surface area (Å²) < 4.78 is 19.9. The van der Waals surface area contributed by atoms with E-state index in [0.717, 1.165) is 0 Å². The fourth-order valence-electron chi connectivity index (χ4n) is 1.68. The van der Waals surface area contributed by atoms with Crippen molar-refractivity contribution in [2.45, 2.75) is 6.04 Å². The molecule has 0 spiro atoms. The molecule has 2 nitrogen and oxygen atoms in total. The van der Waals surface area contributed by atoms with Gasteiger partial charge in [-0.1, -0.05) is 23.7 Å². The predicted molar refractivity (Wildman–Crippen MR) is 68.7 cm³/mol. The SMILES string of the molecule is CNC(c1ccc(Br)o1)c1cccc(Cl)c1F. The van der Waals surface area contributed by atoms with Crippen molar-refractivity contribution < 1.29 is 8.81 Å². The largest absolute Gasteiger partial charge is 0.452 e. The van der Waals surface area contributed by atoms with Crippen LogP contribution in [0.1, 0.15) is 17.4 Å². The van der Waals surface area contributed by atoms with Gasteiger partial charge in [0.15, 0.2) is 4.67 Å². The van der Waals surface area contributed by atoms with Crippen molar-refractivity contribution >= 4 is 27.5 Å². The molecule has 1 N–H and O–H groups in total. The number of rotatable bonds is 3. The molecule has 1 heterocycles.